The Kier molecular flexibility index (Phi) is 3.88. The SMILES string of the molecule is CCCNC(C)c1ccc(-n2cccn2)cn1. The topological polar surface area (TPSA) is 42.7 Å². The predicted molar refractivity (Wildman–Crippen MR) is 68.1 cm³/mol. The minimum atomic E-state index is 0.293. The molecule has 0 bridgehead atoms. The van der Waals surface area contributed by atoms with Gasteiger partial charge < -0.3 is 5.32 Å². The molecule has 0 aliphatic rings. The van der Waals surface area contributed by atoms with Gasteiger partial charge in [-0.05, 0) is 38.1 Å². The molecule has 2 aromatic heterocycles. The fourth-order valence-electron chi connectivity index (χ4n) is 1.68. The Hall–Kier alpha value is -1.68. The molecular formula is C13H18N4. The lowest BCUT2D eigenvalue weighted by Crippen LogP contribution is -2.20. The zero-order chi connectivity index (χ0) is 12.1. The van der Waals surface area contributed by atoms with E-state index in [-0.39, 0.29) is 0 Å². The highest BCUT2D eigenvalue weighted by atomic mass is 15.3. The Morgan fingerprint density at radius 2 is 2.29 bits per heavy atom. The number of hydrogen-bond acceptors (Lipinski definition) is 3. The first-order chi connectivity index (χ1) is 8.31. The van der Waals surface area contributed by atoms with Gasteiger partial charge in [-0.3, -0.25) is 4.98 Å². The van der Waals surface area contributed by atoms with Crippen molar-refractivity contribution in [3.8, 4) is 5.69 Å². The molecule has 4 heteroatoms. The van der Waals surface area contributed by atoms with E-state index in [9.17, 15) is 0 Å². The molecule has 0 fully saturated rings. The Balaban J connectivity index is 2.08. The van der Waals surface area contributed by atoms with E-state index in [2.05, 4.69) is 29.2 Å². The number of nitrogens with zero attached hydrogens (tertiary/aromatic N) is 3. The Bertz CT molecular complexity index is 433. The van der Waals surface area contributed by atoms with E-state index >= 15 is 0 Å². The first-order valence-electron chi connectivity index (χ1n) is 6.00. The molecule has 0 amide bonds. The zero-order valence-electron chi connectivity index (χ0n) is 10.3. The summed E-state index contributed by atoms with van der Waals surface area (Å²) in [5, 5.41) is 7.59. The molecule has 2 heterocycles. The van der Waals surface area contributed by atoms with Gasteiger partial charge in [-0.15, -0.1) is 0 Å². The third-order valence-corrected chi connectivity index (χ3v) is 2.68. The number of pyridine rings is 1. The van der Waals surface area contributed by atoms with Crippen molar-refractivity contribution in [2.24, 2.45) is 0 Å². The van der Waals surface area contributed by atoms with Gasteiger partial charge in [0.1, 0.15) is 0 Å². The highest BCUT2D eigenvalue weighted by molar-refractivity contribution is 5.29. The van der Waals surface area contributed by atoms with Crippen LogP contribution in [0.3, 0.4) is 0 Å². The molecule has 0 radical (unpaired) electrons. The van der Waals surface area contributed by atoms with Crippen LogP contribution in [-0.2, 0) is 0 Å². The molecule has 0 saturated carbocycles. The van der Waals surface area contributed by atoms with Crippen molar-refractivity contribution >= 4 is 0 Å². The second-order valence-electron chi connectivity index (χ2n) is 4.07. The summed E-state index contributed by atoms with van der Waals surface area (Å²) >= 11 is 0. The molecule has 2 aromatic rings. The van der Waals surface area contributed by atoms with Crippen LogP contribution in [0, 0.1) is 0 Å². The highest BCUT2D eigenvalue weighted by Gasteiger charge is 2.05. The van der Waals surface area contributed by atoms with Gasteiger partial charge in [0.15, 0.2) is 0 Å². The summed E-state index contributed by atoms with van der Waals surface area (Å²) in [6, 6.07) is 6.28. The minimum absolute atomic E-state index is 0.293. The van der Waals surface area contributed by atoms with E-state index in [1.54, 1.807) is 10.9 Å². The fourth-order valence-corrected chi connectivity index (χ4v) is 1.68. The summed E-state index contributed by atoms with van der Waals surface area (Å²) in [5.74, 6) is 0. The molecular weight excluding hydrogens is 212 g/mol. The van der Waals surface area contributed by atoms with E-state index in [1.165, 1.54) is 0 Å². The molecule has 0 saturated heterocycles. The molecule has 1 atom stereocenters. The molecule has 0 aliphatic carbocycles. The molecule has 90 valence electrons. The van der Waals surface area contributed by atoms with Crippen molar-refractivity contribution < 1.29 is 0 Å². The van der Waals surface area contributed by atoms with Gasteiger partial charge in [0, 0.05) is 18.4 Å². The summed E-state index contributed by atoms with van der Waals surface area (Å²) in [4.78, 5) is 4.46. The maximum absolute atomic E-state index is 4.46. The van der Waals surface area contributed by atoms with E-state index in [0.29, 0.717) is 6.04 Å². The van der Waals surface area contributed by atoms with Crippen molar-refractivity contribution in [2.45, 2.75) is 26.3 Å². The largest absolute Gasteiger partial charge is 0.309 e. The predicted octanol–water partition coefficient (Wildman–Crippen LogP) is 2.33. The first-order valence-corrected chi connectivity index (χ1v) is 6.00. The van der Waals surface area contributed by atoms with E-state index in [1.807, 2.05) is 30.6 Å². The van der Waals surface area contributed by atoms with Crippen molar-refractivity contribution in [1.29, 1.82) is 0 Å². The minimum Gasteiger partial charge on any atom is -0.309 e. The molecule has 0 aromatic carbocycles. The van der Waals surface area contributed by atoms with Crippen LogP contribution in [0.5, 0.6) is 0 Å². The van der Waals surface area contributed by atoms with Gasteiger partial charge in [0.2, 0.25) is 0 Å². The summed E-state index contributed by atoms with van der Waals surface area (Å²) in [6.45, 7) is 5.31. The van der Waals surface area contributed by atoms with Crippen molar-refractivity contribution in [1.82, 2.24) is 20.1 Å². The van der Waals surface area contributed by atoms with Crippen LogP contribution in [0.4, 0.5) is 0 Å². The van der Waals surface area contributed by atoms with Gasteiger partial charge in [-0.1, -0.05) is 6.92 Å². The van der Waals surface area contributed by atoms with Crippen LogP contribution in [-0.4, -0.2) is 21.3 Å². The van der Waals surface area contributed by atoms with E-state index in [4.69, 9.17) is 0 Å². The highest BCUT2D eigenvalue weighted by Crippen LogP contribution is 2.11. The van der Waals surface area contributed by atoms with Crippen molar-refractivity contribution in [3.63, 3.8) is 0 Å². The first kappa shape index (κ1) is 11.8. The number of rotatable bonds is 5. The zero-order valence-corrected chi connectivity index (χ0v) is 10.3. The summed E-state index contributed by atoms with van der Waals surface area (Å²) in [6.07, 6.45) is 6.66. The lowest BCUT2D eigenvalue weighted by Gasteiger charge is -2.12. The lowest BCUT2D eigenvalue weighted by molar-refractivity contribution is 0.558. The average Bonchev–Trinajstić information content (AvgIpc) is 2.90. The van der Waals surface area contributed by atoms with E-state index in [0.717, 1.165) is 24.3 Å². The Morgan fingerprint density at radius 1 is 1.41 bits per heavy atom. The van der Waals surface area contributed by atoms with Crippen molar-refractivity contribution in [2.75, 3.05) is 6.54 Å². The third-order valence-electron chi connectivity index (χ3n) is 2.68. The van der Waals surface area contributed by atoms with Crippen LogP contribution >= 0.6 is 0 Å². The van der Waals surface area contributed by atoms with Gasteiger partial charge in [0.05, 0.1) is 17.6 Å². The van der Waals surface area contributed by atoms with Gasteiger partial charge in [-0.25, -0.2) is 4.68 Å². The Morgan fingerprint density at radius 3 is 2.88 bits per heavy atom. The molecule has 2 rings (SSSR count). The quantitative estimate of drug-likeness (QED) is 0.857. The van der Waals surface area contributed by atoms with Crippen LogP contribution in [0.1, 0.15) is 32.0 Å². The fraction of sp³-hybridized carbons (Fsp3) is 0.385. The number of aromatic nitrogens is 3. The second kappa shape index (κ2) is 5.59. The third kappa shape index (κ3) is 2.91. The van der Waals surface area contributed by atoms with Gasteiger partial charge >= 0.3 is 0 Å². The second-order valence-corrected chi connectivity index (χ2v) is 4.07. The average molecular weight is 230 g/mol. The number of hydrogen-bond donors (Lipinski definition) is 1. The summed E-state index contributed by atoms with van der Waals surface area (Å²) in [7, 11) is 0. The molecule has 1 unspecified atom stereocenters. The lowest BCUT2D eigenvalue weighted by atomic mass is 10.2. The van der Waals surface area contributed by atoms with Crippen LogP contribution in [0.2, 0.25) is 0 Å². The summed E-state index contributed by atoms with van der Waals surface area (Å²) < 4.78 is 1.81. The molecule has 4 nitrogen and oxygen atoms in total. The molecule has 1 N–H and O–H groups in total. The number of nitrogens with one attached hydrogen (secondary N) is 1. The maximum Gasteiger partial charge on any atom is 0.0828 e. The Labute approximate surface area is 102 Å². The maximum atomic E-state index is 4.46. The van der Waals surface area contributed by atoms with E-state index < -0.39 is 0 Å². The van der Waals surface area contributed by atoms with Crippen LogP contribution in [0.15, 0.2) is 36.8 Å². The van der Waals surface area contributed by atoms with Crippen molar-refractivity contribution in [3.05, 3.63) is 42.5 Å². The molecule has 17 heavy (non-hydrogen) atoms. The van der Waals surface area contributed by atoms with Gasteiger partial charge in [-0.2, -0.15) is 5.10 Å². The molecule has 0 aliphatic heterocycles. The molecule has 0 spiro atoms. The van der Waals surface area contributed by atoms with Crippen LogP contribution < -0.4 is 5.32 Å². The standard InChI is InChI=1S/C13H18N4/c1-3-7-14-11(2)13-6-5-12(10-15-13)17-9-4-8-16-17/h4-6,8-11,14H,3,7H2,1-2H3. The van der Waals surface area contributed by atoms with Crippen LogP contribution in [0.25, 0.3) is 5.69 Å². The smallest absolute Gasteiger partial charge is 0.0828 e. The normalized spacial score (nSPS) is 12.6. The summed E-state index contributed by atoms with van der Waals surface area (Å²) in [5.41, 5.74) is 2.05. The monoisotopic (exact) mass is 230 g/mol. The van der Waals surface area contributed by atoms with Gasteiger partial charge in [0.25, 0.3) is 0 Å².